The molecule has 1 N–H and O–H groups in total. The fraction of sp³-hybridized carbons (Fsp3) is 0.889. The topological polar surface area (TPSA) is 60.0 Å². The summed E-state index contributed by atoms with van der Waals surface area (Å²) in [6.45, 7) is 8.30. The van der Waals surface area contributed by atoms with E-state index in [0.29, 0.717) is 33.0 Å². The van der Waals surface area contributed by atoms with Crippen molar-refractivity contribution in [1.29, 1.82) is 0 Å². The molecule has 0 fully saturated rings. The summed E-state index contributed by atoms with van der Waals surface area (Å²) in [6, 6.07) is 0. The maximum Gasteiger partial charge on any atom is 0.407 e. The normalized spacial score (nSPS) is 12.0. The molecule has 0 radical (unpaired) electrons. The van der Waals surface area contributed by atoms with Gasteiger partial charge in [-0.15, -0.1) is 0 Å². The van der Waals surface area contributed by atoms with Crippen LogP contribution in [-0.2, 0) is 14.2 Å². The van der Waals surface area contributed by atoms with E-state index in [9.17, 15) is 4.79 Å². The van der Waals surface area contributed by atoms with E-state index < -0.39 is 0 Å². The van der Waals surface area contributed by atoms with Gasteiger partial charge in [0.15, 0.2) is 6.10 Å². The minimum Gasteiger partial charge on any atom is -0.441 e. The van der Waals surface area contributed by atoms with Crippen molar-refractivity contribution in [2.24, 2.45) is 0 Å². The van der Waals surface area contributed by atoms with Gasteiger partial charge in [-0.1, -0.05) is 154 Å². The molecule has 0 atom stereocenters. The number of hydrogen-bond donors (Lipinski definition) is 1. The van der Waals surface area contributed by atoms with E-state index in [1.165, 1.54) is 167 Å². The molecule has 0 aromatic rings. The van der Waals surface area contributed by atoms with Crippen LogP contribution in [0.3, 0.4) is 0 Å². The first-order chi connectivity index (χ1) is 25.1. The Kier molecular flexibility index (Phi) is 41.9. The summed E-state index contributed by atoms with van der Waals surface area (Å²) in [4.78, 5) is 14.5. The van der Waals surface area contributed by atoms with Crippen LogP contribution in [0, 0.1) is 0 Å². The average molecular weight is 721 g/mol. The number of carbonyl (C=O) groups is 1. The van der Waals surface area contributed by atoms with Gasteiger partial charge < -0.3 is 24.4 Å². The molecule has 0 aromatic heterocycles. The summed E-state index contributed by atoms with van der Waals surface area (Å²) < 4.78 is 17.6. The molecule has 302 valence electrons. The molecule has 0 rings (SSSR count). The third kappa shape index (κ3) is 42.9. The number of carbonyl (C=O) groups excluding carboxylic acids is 1. The van der Waals surface area contributed by atoms with E-state index in [0.717, 1.165) is 25.8 Å². The van der Waals surface area contributed by atoms with Crippen LogP contribution in [0.1, 0.15) is 200 Å². The molecule has 6 nitrogen and oxygen atoms in total. The predicted molar refractivity (Wildman–Crippen MR) is 222 cm³/mol. The van der Waals surface area contributed by atoms with Crippen LogP contribution in [0.15, 0.2) is 24.3 Å². The number of ether oxygens (including phenoxy) is 3. The maximum atomic E-state index is 12.4. The number of nitrogens with one attached hydrogen (secondary N) is 1. The highest BCUT2D eigenvalue weighted by Gasteiger charge is 2.15. The number of amides is 1. The highest BCUT2D eigenvalue weighted by Crippen LogP contribution is 2.12. The van der Waals surface area contributed by atoms with Gasteiger partial charge in [0.2, 0.25) is 0 Å². The van der Waals surface area contributed by atoms with Crippen molar-refractivity contribution in [2.45, 2.75) is 206 Å². The van der Waals surface area contributed by atoms with Crippen LogP contribution >= 0.6 is 0 Å². The lowest BCUT2D eigenvalue weighted by Crippen LogP contribution is -2.35. The van der Waals surface area contributed by atoms with Gasteiger partial charge in [-0.2, -0.15) is 0 Å². The first kappa shape index (κ1) is 49.6. The van der Waals surface area contributed by atoms with Crippen LogP contribution in [0.25, 0.3) is 0 Å². The molecule has 0 saturated heterocycles. The average Bonchev–Trinajstić information content (AvgIpc) is 3.12. The smallest absolute Gasteiger partial charge is 0.407 e. The SMILES string of the molecule is CCCCCCCC/C=C\CCCCCCCCOCC(COCCCCCCCC/C=C\CCCCCCCC)OC(=O)NCCCN(C)C. The Bertz CT molecular complexity index is 696. The van der Waals surface area contributed by atoms with Crippen molar-refractivity contribution >= 4 is 6.09 Å². The monoisotopic (exact) mass is 721 g/mol. The molecule has 0 aliphatic carbocycles. The molecular weight excluding hydrogens is 633 g/mol. The Morgan fingerprint density at radius 1 is 0.510 bits per heavy atom. The quantitative estimate of drug-likeness (QED) is 0.0503. The summed E-state index contributed by atoms with van der Waals surface area (Å²) in [5.74, 6) is 0. The van der Waals surface area contributed by atoms with Crippen LogP contribution < -0.4 is 5.32 Å². The van der Waals surface area contributed by atoms with Crippen molar-refractivity contribution in [3.63, 3.8) is 0 Å². The third-order valence-corrected chi connectivity index (χ3v) is 9.53. The Morgan fingerprint density at radius 2 is 0.863 bits per heavy atom. The lowest BCUT2D eigenvalue weighted by Gasteiger charge is -2.19. The van der Waals surface area contributed by atoms with Gasteiger partial charge in [0.1, 0.15) is 0 Å². The molecular formula is C45H88N2O4. The highest BCUT2D eigenvalue weighted by molar-refractivity contribution is 5.67. The van der Waals surface area contributed by atoms with Crippen LogP contribution in [-0.4, -0.2) is 70.7 Å². The zero-order chi connectivity index (χ0) is 37.1. The lowest BCUT2D eigenvalue weighted by atomic mass is 10.1. The van der Waals surface area contributed by atoms with Crippen molar-refractivity contribution in [3.05, 3.63) is 24.3 Å². The van der Waals surface area contributed by atoms with Crippen LogP contribution in [0.2, 0.25) is 0 Å². The number of hydrogen-bond acceptors (Lipinski definition) is 5. The second-order valence-electron chi connectivity index (χ2n) is 15.1. The summed E-state index contributed by atoms with van der Waals surface area (Å²) in [5.41, 5.74) is 0. The molecule has 0 aromatic carbocycles. The Morgan fingerprint density at radius 3 is 1.24 bits per heavy atom. The van der Waals surface area contributed by atoms with Gasteiger partial charge in [0.25, 0.3) is 0 Å². The largest absolute Gasteiger partial charge is 0.441 e. The Labute approximate surface area is 318 Å². The van der Waals surface area contributed by atoms with Gasteiger partial charge in [-0.25, -0.2) is 4.79 Å². The van der Waals surface area contributed by atoms with Crippen LogP contribution in [0.4, 0.5) is 4.79 Å². The maximum absolute atomic E-state index is 12.4. The minimum absolute atomic E-state index is 0.373. The fourth-order valence-corrected chi connectivity index (χ4v) is 6.23. The van der Waals surface area contributed by atoms with Gasteiger partial charge in [-0.3, -0.25) is 0 Å². The summed E-state index contributed by atoms with van der Waals surface area (Å²) >= 11 is 0. The molecule has 51 heavy (non-hydrogen) atoms. The van der Waals surface area contributed by atoms with E-state index in [2.05, 4.69) is 48.4 Å². The van der Waals surface area contributed by atoms with E-state index in [1.54, 1.807) is 0 Å². The number of nitrogens with zero attached hydrogens (tertiary/aromatic N) is 1. The standard InChI is InChI=1S/C45H88N2O4/c1-5-7-9-11-13-15-17-19-21-23-25-27-29-31-33-35-40-49-42-44(51-45(48)46-38-37-39-47(3)4)43-50-41-36-34-32-30-28-26-24-22-20-18-16-14-12-10-8-6-2/h19-22,44H,5-18,23-43H2,1-4H3,(H,46,48)/b21-19-,22-20-. The summed E-state index contributed by atoms with van der Waals surface area (Å²) in [6.07, 6.45) is 46.1. The number of rotatable bonds is 41. The number of alkyl carbamates (subject to hydrolysis) is 1. The first-order valence-corrected chi connectivity index (χ1v) is 22.1. The molecule has 0 saturated carbocycles. The summed E-state index contributed by atoms with van der Waals surface area (Å²) in [5, 5.41) is 2.88. The van der Waals surface area contributed by atoms with Crippen molar-refractivity contribution in [2.75, 3.05) is 53.6 Å². The van der Waals surface area contributed by atoms with Crippen molar-refractivity contribution < 1.29 is 19.0 Å². The van der Waals surface area contributed by atoms with Gasteiger partial charge >= 0.3 is 6.09 Å². The zero-order valence-corrected chi connectivity index (χ0v) is 34.7. The summed E-state index contributed by atoms with van der Waals surface area (Å²) in [7, 11) is 4.08. The molecule has 1 amide bonds. The zero-order valence-electron chi connectivity index (χ0n) is 34.7. The molecule has 0 aliphatic rings. The van der Waals surface area contributed by atoms with Crippen molar-refractivity contribution in [3.8, 4) is 0 Å². The molecule has 0 aliphatic heterocycles. The Hall–Kier alpha value is -1.37. The van der Waals surface area contributed by atoms with Gasteiger partial charge in [-0.05, 0) is 91.3 Å². The van der Waals surface area contributed by atoms with Gasteiger partial charge in [0.05, 0.1) is 13.2 Å². The molecule has 0 spiro atoms. The first-order valence-electron chi connectivity index (χ1n) is 22.1. The molecule has 0 unspecified atom stereocenters. The van der Waals surface area contributed by atoms with Crippen molar-refractivity contribution in [1.82, 2.24) is 10.2 Å². The molecule has 6 heteroatoms. The number of allylic oxidation sites excluding steroid dienone is 4. The molecule has 0 bridgehead atoms. The number of unbranched alkanes of at least 4 members (excludes halogenated alkanes) is 24. The second kappa shape index (κ2) is 43.0. The van der Waals surface area contributed by atoms with E-state index in [4.69, 9.17) is 14.2 Å². The van der Waals surface area contributed by atoms with E-state index >= 15 is 0 Å². The predicted octanol–water partition coefficient (Wildman–Crippen LogP) is 13.1. The van der Waals surface area contributed by atoms with Gasteiger partial charge in [0, 0.05) is 19.8 Å². The fourth-order valence-electron chi connectivity index (χ4n) is 6.23. The molecule has 0 heterocycles. The van der Waals surface area contributed by atoms with Crippen LogP contribution in [0.5, 0.6) is 0 Å². The van der Waals surface area contributed by atoms with E-state index in [1.807, 2.05) is 14.1 Å². The van der Waals surface area contributed by atoms with E-state index in [-0.39, 0.29) is 12.2 Å². The lowest BCUT2D eigenvalue weighted by molar-refractivity contribution is -0.0292. The highest BCUT2D eigenvalue weighted by atomic mass is 16.6. The Balaban J connectivity index is 3.94. The third-order valence-electron chi connectivity index (χ3n) is 9.53. The minimum atomic E-state index is -0.375. The second-order valence-corrected chi connectivity index (χ2v) is 15.1.